The average molecular weight is 184 g/mol. The van der Waals surface area contributed by atoms with Gasteiger partial charge >= 0.3 is 5.97 Å². The summed E-state index contributed by atoms with van der Waals surface area (Å²) in [7, 11) is 0. The Morgan fingerprint density at radius 1 is 1.38 bits per heavy atom. The van der Waals surface area contributed by atoms with Crippen molar-refractivity contribution in [3.63, 3.8) is 0 Å². The summed E-state index contributed by atoms with van der Waals surface area (Å²) < 4.78 is 5.10. The lowest BCUT2D eigenvalue weighted by Gasteiger charge is -2.15. The van der Waals surface area contributed by atoms with Gasteiger partial charge in [0.05, 0.1) is 6.10 Å². The second kappa shape index (κ2) is 3.92. The highest BCUT2D eigenvalue weighted by molar-refractivity contribution is 5.66. The third-order valence-electron chi connectivity index (χ3n) is 2.29. The van der Waals surface area contributed by atoms with E-state index in [0.717, 1.165) is 17.6 Å². The van der Waals surface area contributed by atoms with Crippen molar-refractivity contribution in [1.29, 1.82) is 0 Å². The molecule has 1 fully saturated rings. The second-order valence-electron chi connectivity index (χ2n) is 3.65. The lowest BCUT2D eigenvalue weighted by Crippen LogP contribution is -2.18. The molecule has 0 bridgehead atoms. The van der Waals surface area contributed by atoms with Gasteiger partial charge in [-0.2, -0.15) is 0 Å². The molecule has 0 spiro atoms. The molecule has 13 heavy (non-hydrogen) atoms. The van der Waals surface area contributed by atoms with Gasteiger partial charge in [-0.05, 0) is 32.3 Å². The number of carbonyl (C=O) groups excluding carboxylic acids is 1. The number of hydrogen-bond acceptors (Lipinski definition) is 3. The third-order valence-corrected chi connectivity index (χ3v) is 2.29. The number of carbonyl (C=O) groups is 1. The smallest absolute Gasteiger partial charge is 0.303 e. The zero-order chi connectivity index (χ0) is 10.0. The molecule has 1 saturated carbocycles. The minimum Gasteiger partial charge on any atom is -0.458 e. The molecule has 0 aromatic heterocycles. The number of allylic oxidation sites excluding steroid dienone is 1. The van der Waals surface area contributed by atoms with Crippen molar-refractivity contribution in [3.8, 4) is 0 Å². The maximum Gasteiger partial charge on any atom is 0.303 e. The van der Waals surface area contributed by atoms with Gasteiger partial charge in [0.1, 0.15) is 6.10 Å². The molecule has 0 radical (unpaired) electrons. The zero-order valence-corrected chi connectivity index (χ0v) is 8.33. The molecule has 0 aromatic rings. The van der Waals surface area contributed by atoms with E-state index in [4.69, 9.17) is 4.74 Å². The highest BCUT2D eigenvalue weighted by Gasteiger charge is 2.31. The highest BCUT2D eigenvalue weighted by Crippen LogP contribution is 2.30. The van der Waals surface area contributed by atoms with Gasteiger partial charge < -0.3 is 9.84 Å². The van der Waals surface area contributed by atoms with Crippen LogP contribution in [0.5, 0.6) is 0 Å². The van der Waals surface area contributed by atoms with Gasteiger partial charge in [0.25, 0.3) is 0 Å². The largest absolute Gasteiger partial charge is 0.458 e. The van der Waals surface area contributed by atoms with E-state index >= 15 is 0 Å². The van der Waals surface area contributed by atoms with Gasteiger partial charge in [-0.3, -0.25) is 4.79 Å². The fourth-order valence-electron chi connectivity index (χ4n) is 1.81. The molecule has 0 amide bonds. The molecular weight excluding hydrogens is 168 g/mol. The van der Waals surface area contributed by atoms with Crippen LogP contribution in [0.25, 0.3) is 0 Å². The Kier molecular flexibility index (Phi) is 3.09. The maximum atomic E-state index is 10.7. The van der Waals surface area contributed by atoms with E-state index < -0.39 is 6.10 Å². The first-order chi connectivity index (χ1) is 6.02. The first kappa shape index (κ1) is 10.3. The van der Waals surface area contributed by atoms with Crippen LogP contribution in [0.2, 0.25) is 0 Å². The first-order valence-electron chi connectivity index (χ1n) is 4.55. The van der Waals surface area contributed by atoms with Crippen LogP contribution < -0.4 is 0 Å². The fourth-order valence-corrected chi connectivity index (χ4v) is 1.81. The number of aliphatic hydroxyl groups excluding tert-OH is 1. The topological polar surface area (TPSA) is 46.5 Å². The molecule has 3 heteroatoms. The summed E-state index contributed by atoms with van der Waals surface area (Å²) in [6.07, 6.45) is 0.812. The van der Waals surface area contributed by atoms with Gasteiger partial charge in [0.2, 0.25) is 0 Å². The lowest BCUT2D eigenvalue weighted by atomic mass is 10.1. The van der Waals surface area contributed by atoms with E-state index in [-0.39, 0.29) is 12.1 Å². The molecule has 1 aliphatic carbocycles. The summed E-state index contributed by atoms with van der Waals surface area (Å²) in [5, 5.41) is 9.59. The Labute approximate surface area is 78.4 Å². The molecule has 1 aliphatic rings. The molecule has 3 nitrogen and oxygen atoms in total. The minimum atomic E-state index is -0.422. The van der Waals surface area contributed by atoms with Crippen molar-refractivity contribution < 1.29 is 14.6 Å². The number of esters is 1. The van der Waals surface area contributed by atoms with Crippen molar-refractivity contribution in [3.05, 3.63) is 11.1 Å². The van der Waals surface area contributed by atoms with Crippen LogP contribution in [0.15, 0.2) is 11.1 Å². The Balaban J connectivity index is 2.77. The summed E-state index contributed by atoms with van der Waals surface area (Å²) in [4.78, 5) is 10.7. The number of ether oxygens (including phenoxy) is 1. The minimum absolute atomic E-state index is 0.197. The van der Waals surface area contributed by atoms with Crippen LogP contribution in [-0.4, -0.2) is 23.3 Å². The van der Waals surface area contributed by atoms with Crippen LogP contribution in [0, 0.1) is 0 Å². The van der Waals surface area contributed by atoms with Crippen molar-refractivity contribution in [2.24, 2.45) is 0 Å². The van der Waals surface area contributed by atoms with Crippen LogP contribution in [0.1, 0.15) is 33.6 Å². The Morgan fingerprint density at radius 3 is 2.46 bits per heavy atom. The lowest BCUT2D eigenvalue weighted by molar-refractivity contribution is -0.144. The molecule has 0 heterocycles. The maximum absolute atomic E-state index is 10.7. The summed E-state index contributed by atoms with van der Waals surface area (Å²) in [6.45, 7) is 5.26. The Hall–Kier alpha value is -0.830. The standard InChI is InChI=1S/C10H16O3/c1-6(2)10-8(12)4-5-9(10)13-7(3)11/h8-9,12H,4-5H2,1-3H3. The summed E-state index contributed by atoms with van der Waals surface area (Å²) in [5.74, 6) is -0.280. The second-order valence-corrected chi connectivity index (χ2v) is 3.65. The average Bonchev–Trinajstić information content (AvgIpc) is 2.30. The van der Waals surface area contributed by atoms with Crippen molar-refractivity contribution in [1.82, 2.24) is 0 Å². The van der Waals surface area contributed by atoms with Crippen molar-refractivity contribution in [2.45, 2.75) is 45.8 Å². The number of hydrogen-bond donors (Lipinski definition) is 1. The van der Waals surface area contributed by atoms with Gasteiger partial charge in [0, 0.05) is 6.92 Å². The Morgan fingerprint density at radius 2 is 2.00 bits per heavy atom. The van der Waals surface area contributed by atoms with E-state index in [1.807, 2.05) is 13.8 Å². The summed E-state index contributed by atoms with van der Waals surface area (Å²) in [5.41, 5.74) is 1.94. The van der Waals surface area contributed by atoms with E-state index in [1.165, 1.54) is 6.92 Å². The quantitative estimate of drug-likeness (QED) is 0.495. The van der Waals surface area contributed by atoms with Crippen LogP contribution >= 0.6 is 0 Å². The molecule has 1 N–H and O–H groups in total. The molecule has 74 valence electrons. The van der Waals surface area contributed by atoms with Gasteiger partial charge in [-0.1, -0.05) is 5.57 Å². The van der Waals surface area contributed by atoms with E-state index in [0.29, 0.717) is 6.42 Å². The summed E-state index contributed by atoms with van der Waals surface area (Å²) in [6, 6.07) is 0. The monoisotopic (exact) mass is 184 g/mol. The van der Waals surface area contributed by atoms with E-state index in [1.54, 1.807) is 0 Å². The predicted octanol–water partition coefficient (Wildman–Crippen LogP) is 1.41. The Bertz CT molecular complexity index is 239. The van der Waals surface area contributed by atoms with Gasteiger partial charge in [-0.15, -0.1) is 0 Å². The van der Waals surface area contributed by atoms with E-state index in [9.17, 15) is 9.90 Å². The predicted molar refractivity (Wildman–Crippen MR) is 49.2 cm³/mol. The molecule has 0 aliphatic heterocycles. The van der Waals surface area contributed by atoms with Crippen LogP contribution in [-0.2, 0) is 9.53 Å². The fraction of sp³-hybridized carbons (Fsp3) is 0.700. The van der Waals surface area contributed by atoms with E-state index in [2.05, 4.69) is 0 Å². The first-order valence-corrected chi connectivity index (χ1v) is 4.55. The summed E-state index contributed by atoms with van der Waals surface area (Å²) >= 11 is 0. The van der Waals surface area contributed by atoms with Crippen LogP contribution in [0.3, 0.4) is 0 Å². The SMILES string of the molecule is CC(=O)OC1CCC(O)C1=C(C)C. The van der Waals surface area contributed by atoms with Gasteiger partial charge in [-0.25, -0.2) is 0 Å². The third kappa shape index (κ3) is 2.31. The van der Waals surface area contributed by atoms with Crippen LogP contribution in [0.4, 0.5) is 0 Å². The number of aliphatic hydroxyl groups is 1. The normalized spacial score (nSPS) is 27.5. The van der Waals surface area contributed by atoms with Gasteiger partial charge in [0.15, 0.2) is 0 Å². The molecule has 2 unspecified atom stereocenters. The molecule has 1 rings (SSSR count). The molecular formula is C10H16O3. The van der Waals surface area contributed by atoms with Crippen molar-refractivity contribution in [2.75, 3.05) is 0 Å². The van der Waals surface area contributed by atoms with Crippen molar-refractivity contribution >= 4 is 5.97 Å². The molecule has 0 aromatic carbocycles. The zero-order valence-electron chi connectivity index (χ0n) is 8.33. The number of rotatable bonds is 1. The highest BCUT2D eigenvalue weighted by atomic mass is 16.5. The molecule has 0 saturated heterocycles. The molecule has 2 atom stereocenters.